The predicted octanol–water partition coefficient (Wildman–Crippen LogP) is 4.41. The van der Waals surface area contributed by atoms with E-state index in [4.69, 9.17) is 16.1 Å². The fraction of sp³-hybridized carbons (Fsp3) is 0.474. The maximum Gasteiger partial charge on any atom is 0.161 e. The Hall–Kier alpha value is -1.81. The Bertz CT molecular complexity index is 716. The second-order valence-electron chi connectivity index (χ2n) is 7.40. The van der Waals surface area contributed by atoms with Gasteiger partial charge < -0.3 is 9.42 Å². The fourth-order valence-electron chi connectivity index (χ4n) is 3.09. The molecule has 1 atom stereocenters. The number of carbonyl (C=O) groups is 1. The molecular weight excluding hydrogens is 324 g/mol. The lowest BCUT2D eigenvalue weighted by Crippen LogP contribution is -2.37. The van der Waals surface area contributed by atoms with Crippen LogP contribution in [0, 0.1) is 0 Å². The van der Waals surface area contributed by atoms with Crippen molar-refractivity contribution < 1.29 is 9.32 Å². The molecule has 1 aliphatic rings. The molecule has 0 saturated carbocycles. The zero-order valence-corrected chi connectivity index (χ0v) is 15.1. The maximum atomic E-state index is 12.8. The van der Waals surface area contributed by atoms with Crippen LogP contribution >= 0.6 is 11.6 Å². The molecule has 3 rings (SSSR count). The summed E-state index contributed by atoms with van der Waals surface area (Å²) >= 11 is 5.96. The quantitative estimate of drug-likeness (QED) is 0.822. The van der Waals surface area contributed by atoms with E-state index in [0.717, 1.165) is 30.8 Å². The third kappa shape index (κ3) is 3.64. The van der Waals surface area contributed by atoms with Gasteiger partial charge in [0.05, 0.1) is 18.2 Å². The summed E-state index contributed by atoms with van der Waals surface area (Å²) in [7, 11) is 0. The van der Waals surface area contributed by atoms with E-state index >= 15 is 0 Å². The van der Waals surface area contributed by atoms with E-state index in [9.17, 15) is 4.79 Å². The van der Waals surface area contributed by atoms with Gasteiger partial charge in [0, 0.05) is 28.7 Å². The Balaban J connectivity index is 1.72. The standard InChI is InChI=1S/C19H23ClN2O2/c1-19(2,3)18-12-14(21-24-18)11-17(23)16-5-4-10-22(16)15-8-6-13(20)7-9-15/h6-9,12,16H,4-5,10-11H2,1-3H3/t16-/m1/s1. The molecule has 0 radical (unpaired) electrons. The van der Waals surface area contributed by atoms with Crippen molar-refractivity contribution in [3.8, 4) is 0 Å². The van der Waals surface area contributed by atoms with Crippen molar-refractivity contribution in [1.82, 2.24) is 5.16 Å². The van der Waals surface area contributed by atoms with Gasteiger partial charge in [0.2, 0.25) is 0 Å². The maximum absolute atomic E-state index is 12.8. The third-order valence-corrected chi connectivity index (χ3v) is 4.69. The summed E-state index contributed by atoms with van der Waals surface area (Å²) in [6.07, 6.45) is 2.21. The van der Waals surface area contributed by atoms with Crippen LogP contribution in [0.2, 0.25) is 5.02 Å². The van der Waals surface area contributed by atoms with Gasteiger partial charge in [-0.05, 0) is 37.1 Å². The monoisotopic (exact) mass is 346 g/mol. The van der Waals surface area contributed by atoms with Crippen molar-refractivity contribution in [3.63, 3.8) is 0 Å². The highest BCUT2D eigenvalue weighted by molar-refractivity contribution is 6.30. The summed E-state index contributed by atoms with van der Waals surface area (Å²) < 4.78 is 5.39. The van der Waals surface area contributed by atoms with Crippen LogP contribution < -0.4 is 4.90 Å². The van der Waals surface area contributed by atoms with Gasteiger partial charge in [0.1, 0.15) is 5.76 Å². The molecule has 1 fully saturated rings. The first kappa shape index (κ1) is 17.0. The third-order valence-electron chi connectivity index (χ3n) is 4.44. The van der Waals surface area contributed by atoms with E-state index in [0.29, 0.717) is 17.1 Å². The zero-order valence-electron chi connectivity index (χ0n) is 14.4. The lowest BCUT2D eigenvalue weighted by molar-refractivity contribution is -0.119. The fourth-order valence-corrected chi connectivity index (χ4v) is 3.21. The lowest BCUT2D eigenvalue weighted by atomic mass is 9.93. The van der Waals surface area contributed by atoms with Crippen molar-refractivity contribution >= 4 is 23.1 Å². The summed E-state index contributed by atoms with van der Waals surface area (Å²) in [6.45, 7) is 7.10. The molecule has 1 aromatic carbocycles. The Labute approximate surface area is 147 Å². The summed E-state index contributed by atoms with van der Waals surface area (Å²) in [5.74, 6) is 1.00. The van der Waals surface area contributed by atoms with Crippen LogP contribution in [-0.2, 0) is 16.6 Å². The number of hydrogen-bond acceptors (Lipinski definition) is 4. The number of anilines is 1. The molecule has 1 aliphatic heterocycles. The molecule has 128 valence electrons. The Morgan fingerprint density at radius 3 is 2.67 bits per heavy atom. The molecule has 0 bridgehead atoms. The number of halogens is 1. The number of rotatable bonds is 4. The van der Waals surface area contributed by atoms with Crippen LogP contribution in [0.5, 0.6) is 0 Å². The van der Waals surface area contributed by atoms with Gasteiger partial charge >= 0.3 is 0 Å². The van der Waals surface area contributed by atoms with Gasteiger partial charge in [-0.15, -0.1) is 0 Å². The molecule has 1 saturated heterocycles. The zero-order chi connectivity index (χ0) is 17.3. The highest BCUT2D eigenvalue weighted by Gasteiger charge is 2.31. The highest BCUT2D eigenvalue weighted by atomic mass is 35.5. The molecule has 0 N–H and O–H groups in total. The number of hydrogen-bond donors (Lipinski definition) is 0. The smallest absolute Gasteiger partial charge is 0.161 e. The number of Topliss-reactive ketones (excluding diaryl/α,β-unsaturated/α-hetero) is 1. The molecule has 24 heavy (non-hydrogen) atoms. The summed E-state index contributed by atoms with van der Waals surface area (Å²) in [5, 5.41) is 4.78. The van der Waals surface area contributed by atoms with E-state index in [1.54, 1.807) is 0 Å². The lowest BCUT2D eigenvalue weighted by Gasteiger charge is -2.25. The SMILES string of the molecule is CC(C)(C)c1cc(CC(=O)[C@H]2CCCN2c2ccc(Cl)cc2)no1. The largest absolute Gasteiger partial charge is 0.361 e. The van der Waals surface area contributed by atoms with Crippen LogP contribution in [0.15, 0.2) is 34.9 Å². The Morgan fingerprint density at radius 2 is 2.04 bits per heavy atom. The minimum atomic E-state index is -0.100. The Kier molecular flexibility index (Phi) is 4.68. The molecule has 0 amide bonds. The van der Waals surface area contributed by atoms with Crippen LogP contribution in [0.25, 0.3) is 0 Å². The molecule has 1 aromatic heterocycles. The number of benzene rings is 1. The van der Waals surface area contributed by atoms with Crippen LogP contribution in [0.4, 0.5) is 5.69 Å². The number of ketones is 1. The minimum Gasteiger partial charge on any atom is -0.361 e. The first-order valence-corrected chi connectivity index (χ1v) is 8.73. The van der Waals surface area contributed by atoms with Crippen molar-refractivity contribution in [3.05, 3.63) is 46.8 Å². The van der Waals surface area contributed by atoms with Gasteiger partial charge in [0.15, 0.2) is 5.78 Å². The van der Waals surface area contributed by atoms with Gasteiger partial charge in [-0.1, -0.05) is 37.5 Å². The van der Waals surface area contributed by atoms with Crippen molar-refractivity contribution in [2.45, 2.75) is 51.5 Å². The van der Waals surface area contributed by atoms with Crippen molar-refractivity contribution in [2.24, 2.45) is 0 Å². The molecule has 5 heteroatoms. The molecular formula is C19H23ClN2O2. The van der Waals surface area contributed by atoms with Crippen molar-refractivity contribution in [1.29, 1.82) is 0 Å². The second kappa shape index (κ2) is 6.60. The Morgan fingerprint density at radius 1 is 1.33 bits per heavy atom. The van der Waals surface area contributed by atoms with Gasteiger partial charge in [-0.3, -0.25) is 4.79 Å². The molecule has 0 aliphatic carbocycles. The van der Waals surface area contributed by atoms with Crippen LogP contribution in [0.3, 0.4) is 0 Å². The first-order valence-electron chi connectivity index (χ1n) is 8.35. The summed E-state index contributed by atoms with van der Waals surface area (Å²) in [5.41, 5.74) is 1.66. The normalized spacial score (nSPS) is 18.2. The number of carbonyl (C=O) groups excluding carboxylic acids is 1. The first-order chi connectivity index (χ1) is 11.3. The van der Waals surface area contributed by atoms with Gasteiger partial charge in [-0.25, -0.2) is 0 Å². The predicted molar refractivity (Wildman–Crippen MR) is 95.7 cm³/mol. The van der Waals surface area contributed by atoms with E-state index in [1.807, 2.05) is 30.3 Å². The second-order valence-corrected chi connectivity index (χ2v) is 7.84. The summed E-state index contributed by atoms with van der Waals surface area (Å²) in [6, 6.07) is 9.48. The summed E-state index contributed by atoms with van der Waals surface area (Å²) in [4.78, 5) is 14.9. The highest BCUT2D eigenvalue weighted by Crippen LogP contribution is 2.28. The van der Waals surface area contributed by atoms with Gasteiger partial charge in [-0.2, -0.15) is 0 Å². The average molecular weight is 347 g/mol. The van der Waals surface area contributed by atoms with E-state index in [1.165, 1.54) is 0 Å². The topological polar surface area (TPSA) is 46.3 Å². The number of aromatic nitrogens is 1. The van der Waals surface area contributed by atoms with Crippen molar-refractivity contribution in [2.75, 3.05) is 11.4 Å². The molecule has 0 spiro atoms. The van der Waals surface area contributed by atoms with E-state index < -0.39 is 0 Å². The molecule has 2 heterocycles. The molecule has 2 aromatic rings. The van der Waals surface area contributed by atoms with Gasteiger partial charge in [0.25, 0.3) is 0 Å². The van der Waals surface area contributed by atoms with E-state index in [2.05, 4.69) is 30.8 Å². The van der Waals surface area contributed by atoms with Crippen LogP contribution in [0.1, 0.15) is 45.1 Å². The molecule has 0 unspecified atom stereocenters. The number of nitrogens with zero attached hydrogens (tertiary/aromatic N) is 2. The van der Waals surface area contributed by atoms with Crippen LogP contribution in [-0.4, -0.2) is 23.5 Å². The molecule has 4 nitrogen and oxygen atoms in total. The minimum absolute atomic E-state index is 0.0963. The average Bonchev–Trinajstić information content (AvgIpc) is 3.16. The van der Waals surface area contributed by atoms with E-state index in [-0.39, 0.29) is 17.2 Å².